The third-order valence-electron chi connectivity index (χ3n) is 4.38. The number of nitrogens with zero attached hydrogens (tertiary/aromatic N) is 2. The van der Waals surface area contributed by atoms with Gasteiger partial charge in [0.25, 0.3) is 5.56 Å². The molecular formula is C20H25FN4O4. The van der Waals surface area contributed by atoms with E-state index in [1.807, 2.05) is 0 Å². The zero-order valence-electron chi connectivity index (χ0n) is 16.3. The van der Waals surface area contributed by atoms with Crippen LogP contribution in [0.4, 0.5) is 4.39 Å². The molecule has 2 rings (SSSR count). The molecule has 1 heterocycles. The maximum Gasteiger partial charge on any atom is 0.331 e. The first-order chi connectivity index (χ1) is 13.9. The first-order valence-corrected chi connectivity index (χ1v) is 9.54. The van der Waals surface area contributed by atoms with Crippen molar-refractivity contribution in [3.05, 3.63) is 62.0 Å². The Labute approximate surface area is 167 Å². The summed E-state index contributed by atoms with van der Waals surface area (Å²) in [4.78, 5) is 37.8. The highest BCUT2D eigenvalue weighted by atomic mass is 19.1. The molecule has 0 aliphatic carbocycles. The third-order valence-corrected chi connectivity index (χ3v) is 4.38. The Bertz CT molecular complexity index is 964. The van der Waals surface area contributed by atoms with Crippen molar-refractivity contribution in [3.63, 3.8) is 0 Å². The van der Waals surface area contributed by atoms with Gasteiger partial charge in [0.05, 0.1) is 6.21 Å². The number of nitrogens with one attached hydrogen (secondary N) is 2. The van der Waals surface area contributed by atoms with Crippen molar-refractivity contribution in [1.29, 1.82) is 0 Å². The predicted molar refractivity (Wildman–Crippen MR) is 108 cm³/mol. The Morgan fingerprint density at radius 1 is 1.24 bits per heavy atom. The maximum absolute atomic E-state index is 13.0. The lowest BCUT2D eigenvalue weighted by Gasteiger charge is -2.09. The predicted octanol–water partition coefficient (Wildman–Crippen LogP) is 2.04. The lowest BCUT2D eigenvalue weighted by atomic mass is 10.1. The number of unbranched alkanes of at least 4 members (excludes halogenated alkanes) is 3. The molecule has 2 aromatic rings. The first kappa shape index (κ1) is 22.1. The molecule has 0 bridgehead atoms. The van der Waals surface area contributed by atoms with Gasteiger partial charge in [0.15, 0.2) is 0 Å². The Hall–Kier alpha value is -3.23. The van der Waals surface area contributed by atoms with Crippen LogP contribution in [0, 0.1) is 5.82 Å². The fourth-order valence-corrected chi connectivity index (χ4v) is 2.73. The van der Waals surface area contributed by atoms with Crippen molar-refractivity contribution in [2.75, 3.05) is 0 Å². The number of benzene rings is 1. The number of rotatable bonds is 10. The molecule has 1 aromatic carbocycles. The Balaban J connectivity index is 2.05. The lowest BCUT2D eigenvalue weighted by Crippen LogP contribution is -2.33. The van der Waals surface area contributed by atoms with E-state index in [9.17, 15) is 23.9 Å². The highest BCUT2D eigenvalue weighted by molar-refractivity contribution is 5.83. The number of aryl methyl sites for hydroxylation is 1. The topological polar surface area (TPSA) is 117 Å². The van der Waals surface area contributed by atoms with Gasteiger partial charge < -0.3 is 5.11 Å². The number of hydrazone groups is 1. The standard InChI is InChI=1S/C20H25FN4O4/c1-2-3-4-5-6-17(26)24-22-13-16-18(27)23-20(29)25(19(16)28)12-11-14-7-9-15(21)10-8-14/h7-10,13,28H,2-6,11-12H2,1H3,(H,24,26)(H,23,27,29). The lowest BCUT2D eigenvalue weighted by molar-refractivity contribution is -0.121. The number of carbonyl (C=O) groups is 1. The van der Waals surface area contributed by atoms with Gasteiger partial charge in [-0.05, 0) is 30.5 Å². The van der Waals surface area contributed by atoms with E-state index in [1.54, 1.807) is 12.1 Å². The zero-order chi connectivity index (χ0) is 21.2. The van der Waals surface area contributed by atoms with Gasteiger partial charge in [-0.2, -0.15) is 5.10 Å². The van der Waals surface area contributed by atoms with Crippen molar-refractivity contribution >= 4 is 12.1 Å². The summed E-state index contributed by atoms with van der Waals surface area (Å²) in [6.45, 7) is 2.14. The van der Waals surface area contributed by atoms with Crippen LogP contribution in [-0.4, -0.2) is 26.8 Å². The molecule has 0 fully saturated rings. The average Bonchev–Trinajstić information content (AvgIpc) is 2.69. The SMILES string of the molecule is CCCCCCC(=O)NN=Cc1c(O)n(CCc2ccc(F)cc2)c(=O)[nH]c1=O. The fraction of sp³-hybridized carbons (Fsp3) is 0.400. The number of carbonyl (C=O) groups excluding carboxylic acids is 1. The Morgan fingerprint density at radius 2 is 1.97 bits per heavy atom. The second-order valence-corrected chi connectivity index (χ2v) is 6.63. The molecule has 0 unspecified atom stereocenters. The minimum absolute atomic E-state index is 0.0672. The summed E-state index contributed by atoms with van der Waals surface area (Å²) in [7, 11) is 0. The van der Waals surface area contributed by atoms with E-state index in [0.29, 0.717) is 12.8 Å². The fourth-order valence-electron chi connectivity index (χ4n) is 2.73. The summed E-state index contributed by atoms with van der Waals surface area (Å²) in [5, 5.41) is 14.0. The smallest absolute Gasteiger partial charge is 0.331 e. The van der Waals surface area contributed by atoms with Gasteiger partial charge in [-0.25, -0.2) is 14.6 Å². The highest BCUT2D eigenvalue weighted by Gasteiger charge is 2.13. The van der Waals surface area contributed by atoms with Gasteiger partial charge in [0, 0.05) is 13.0 Å². The summed E-state index contributed by atoms with van der Waals surface area (Å²) in [5.74, 6) is -1.22. The van der Waals surface area contributed by atoms with Crippen LogP contribution in [-0.2, 0) is 17.8 Å². The number of amides is 1. The summed E-state index contributed by atoms with van der Waals surface area (Å²) < 4.78 is 14.0. The van der Waals surface area contributed by atoms with Gasteiger partial charge in [-0.3, -0.25) is 19.1 Å². The quantitative estimate of drug-likeness (QED) is 0.319. The van der Waals surface area contributed by atoms with Gasteiger partial charge in [-0.1, -0.05) is 38.3 Å². The molecule has 156 valence electrons. The molecule has 0 spiro atoms. The van der Waals surface area contributed by atoms with Crippen molar-refractivity contribution in [2.45, 2.75) is 52.0 Å². The molecule has 0 radical (unpaired) electrons. The van der Waals surface area contributed by atoms with Crippen LogP contribution in [0.15, 0.2) is 39.0 Å². The number of aromatic amines is 1. The van der Waals surface area contributed by atoms with Crippen molar-refractivity contribution < 1.29 is 14.3 Å². The van der Waals surface area contributed by atoms with Crippen LogP contribution in [0.5, 0.6) is 5.88 Å². The van der Waals surface area contributed by atoms with E-state index >= 15 is 0 Å². The van der Waals surface area contributed by atoms with E-state index in [-0.39, 0.29) is 23.8 Å². The molecule has 8 nitrogen and oxygen atoms in total. The first-order valence-electron chi connectivity index (χ1n) is 9.54. The normalized spacial score (nSPS) is 11.1. The van der Waals surface area contributed by atoms with E-state index < -0.39 is 17.1 Å². The Kier molecular flexibility index (Phi) is 8.32. The van der Waals surface area contributed by atoms with E-state index in [1.165, 1.54) is 12.1 Å². The van der Waals surface area contributed by atoms with Gasteiger partial charge >= 0.3 is 5.69 Å². The van der Waals surface area contributed by atoms with Gasteiger partial charge in [0.1, 0.15) is 11.4 Å². The Morgan fingerprint density at radius 3 is 2.66 bits per heavy atom. The van der Waals surface area contributed by atoms with E-state index in [4.69, 9.17) is 0 Å². The van der Waals surface area contributed by atoms with E-state index in [0.717, 1.165) is 42.0 Å². The van der Waals surface area contributed by atoms with Crippen LogP contribution in [0.25, 0.3) is 0 Å². The molecule has 0 saturated carbocycles. The number of hydrogen-bond acceptors (Lipinski definition) is 5. The molecular weight excluding hydrogens is 379 g/mol. The van der Waals surface area contributed by atoms with Crippen molar-refractivity contribution in [3.8, 4) is 5.88 Å². The van der Waals surface area contributed by atoms with Crippen LogP contribution < -0.4 is 16.7 Å². The van der Waals surface area contributed by atoms with Crippen molar-refractivity contribution in [1.82, 2.24) is 15.0 Å². The van der Waals surface area contributed by atoms with Gasteiger partial charge in [-0.15, -0.1) is 0 Å². The second kappa shape index (κ2) is 10.9. The van der Waals surface area contributed by atoms with Gasteiger partial charge in [0.2, 0.25) is 11.8 Å². The van der Waals surface area contributed by atoms with Crippen LogP contribution in [0.1, 0.15) is 50.2 Å². The molecule has 0 aliphatic heterocycles. The minimum Gasteiger partial charge on any atom is -0.494 e. The summed E-state index contributed by atoms with van der Waals surface area (Å²) in [6.07, 6.45) is 5.48. The maximum atomic E-state index is 13.0. The summed E-state index contributed by atoms with van der Waals surface area (Å²) in [6, 6.07) is 5.74. The van der Waals surface area contributed by atoms with Crippen LogP contribution in [0.2, 0.25) is 0 Å². The number of aromatic nitrogens is 2. The summed E-state index contributed by atoms with van der Waals surface area (Å²) >= 11 is 0. The second-order valence-electron chi connectivity index (χ2n) is 6.63. The highest BCUT2D eigenvalue weighted by Crippen LogP contribution is 2.10. The molecule has 0 atom stereocenters. The number of halogens is 1. The number of hydrogen-bond donors (Lipinski definition) is 3. The monoisotopic (exact) mass is 404 g/mol. The minimum atomic E-state index is -0.813. The molecule has 3 N–H and O–H groups in total. The van der Waals surface area contributed by atoms with E-state index in [2.05, 4.69) is 22.4 Å². The molecule has 0 saturated heterocycles. The third kappa shape index (κ3) is 6.70. The van der Waals surface area contributed by atoms with Crippen LogP contribution in [0.3, 0.4) is 0 Å². The average molecular weight is 404 g/mol. The molecule has 29 heavy (non-hydrogen) atoms. The largest absolute Gasteiger partial charge is 0.494 e. The molecule has 1 amide bonds. The summed E-state index contributed by atoms with van der Waals surface area (Å²) in [5.41, 5.74) is 1.24. The number of H-pyrrole nitrogens is 1. The van der Waals surface area contributed by atoms with Crippen molar-refractivity contribution in [2.24, 2.45) is 5.10 Å². The number of aromatic hydroxyl groups is 1. The molecule has 1 aromatic heterocycles. The molecule has 9 heteroatoms. The molecule has 0 aliphatic rings. The van der Waals surface area contributed by atoms with Crippen LogP contribution >= 0.6 is 0 Å². The zero-order valence-corrected chi connectivity index (χ0v) is 16.3.